The fraction of sp³-hybridized carbons (Fsp3) is 0.533. The number of rotatable bonds is 13. The van der Waals surface area contributed by atoms with Crippen LogP contribution in [-0.4, -0.2) is 42.0 Å². The maximum atomic E-state index is 13.6. The van der Waals surface area contributed by atoms with Crippen LogP contribution in [-0.2, 0) is 22.6 Å². The monoisotopic (exact) mass is 494 g/mol. The molecule has 1 atom stereocenters. The number of carbonyl (C=O) groups excluding carboxylic acids is 2. The Morgan fingerprint density at radius 2 is 1.61 bits per heavy atom. The van der Waals surface area contributed by atoms with Crippen LogP contribution in [0, 0.1) is 0 Å². The quantitative estimate of drug-likeness (QED) is 0.389. The van der Waals surface area contributed by atoms with Crippen LogP contribution in [0.2, 0.25) is 0 Å². The summed E-state index contributed by atoms with van der Waals surface area (Å²) in [5.74, 6) is 1.36. The minimum absolute atomic E-state index is 0.0173. The molecule has 0 radical (unpaired) electrons. The molecular formula is C30H42N2O4. The number of nitrogens with one attached hydrogen (secondary N) is 1. The van der Waals surface area contributed by atoms with E-state index in [1.54, 1.807) is 4.90 Å². The summed E-state index contributed by atoms with van der Waals surface area (Å²) < 4.78 is 11.4. The average molecular weight is 495 g/mol. The van der Waals surface area contributed by atoms with E-state index in [9.17, 15) is 9.59 Å². The second-order valence-electron chi connectivity index (χ2n) is 9.42. The summed E-state index contributed by atoms with van der Waals surface area (Å²) in [7, 11) is 0. The zero-order valence-corrected chi connectivity index (χ0v) is 22.1. The Morgan fingerprint density at radius 3 is 2.28 bits per heavy atom. The molecule has 1 N–H and O–H groups in total. The molecule has 6 heteroatoms. The number of ether oxygens (including phenoxy) is 2. The van der Waals surface area contributed by atoms with Crippen LogP contribution >= 0.6 is 0 Å². The lowest BCUT2D eigenvalue weighted by Crippen LogP contribution is -2.51. The molecule has 0 spiro atoms. The molecule has 2 aromatic rings. The summed E-state index contributed by atoms with van der Waals surface area (Å²) in [5, 5.41) is 3.24. The maximum absolute atomic E-state index is 13.6. The smallest absolute Gasteiger partial charge is 0.243 e. The van der Waals surface area contributed by atoms with Gasteiger partial charge >= 0.3 is 0 Å². The molecule has 1 saturated carbocycles. The third-order valence-electron chi connectivity index (χ3n) is 6.77. The summed E-state index contributed by atoms with van der Waals surface area (Å²) in [4.78, 5) is 28.7. The first-order valence-electron chi connectivity index (χ1n) is 13.6. The van der Waals surface area contributed by atoms with Crippen molar-refractivity contribution in [3.05, 3.63) is 59.7 Å². The van der Waals surface area contributed by atoms with Gasteiger partial charge in [-0.05, 0) is 62.8 Å². The third kappa shape index (κ3) is 8.00. The first-order valence-corrected chi connectivity index (χ1v) is 13.6. The lowest BCUT2D eigenvalue weighted by molar-refractivity contribution is -0.141. The Morgan fingerprint density at radius 1 is 0.917 bits per heavy atom. The molecule has 1 fully saturated rings. The Labute approximate surface area is 216 Å². The van der Waals surface area contributed by atoms with Gasteiger partial charge in [-0.3, -0.25) is 9.59 Å². The highest BCUT2D eigenvalue weighted by Crippen LogP contribution is 2.29. The first-order chi connectivity index (χ1) is 17.5. The number of hydrogen-bond donors (Lipinski definition) is 1. The van der Waals surface area contributed by atoms with E-state index >= 15 is 0 Å². The summed E-state index contributed by atoms with van der Waals surface area (Å²) >= 11 is 0. The Hall–Kier alpha value is -3.02. The molecule has 2 aromatic carbocycles. The molecule has 3 rings (SSSR count). The predicted octanol–water partition coefficient (Wildman–Crippen LogP) is 5.67. The van der Waals surface area contributed by atoms with Gasteiger partial charge in [0.15, 0.2) is 11.5 Å². The van der Waals surface area contributed by atoms with Gasteiger partial charge in [-0.1, -0.05) is 62.6 Å². The zero-order chi connectivity index (χ0) is 25.8. The lowest BCUT2D eigenvalue weighted by Gasteiger charge is -2.33. The van der Waals surface area contributed by atoms with Crippen molar-refractivity contribution in [2.75, 3.05) is 13.2 Å². The SMILES string of the molecule is CCOc1ccc(CCC(=O)N(Cc2ccccc2)C(CC)C(=O)NC2CCCCC2)cc1OCC. The van der Waals surface area contributed by atoms with Crippen molar-refractivity contribution in [2.24, 2.45) is 0 Å². The largest absolute Gasteiger partial charge is 0.490 e. The van der Waals surface area contributed by atoms with E-state index in [-0.39, 0.29) is 17.9 Å². The molecule has 36 heavy (non-hydrogen) atoms. The number of carbonyl (C=O) groups is 2. The molecule has 0 saturated heterocycles. The van der Waals surface area contributed by atoms with E-state index in [0.29, 0.717) is 50.5 Å². The van der Waals surface area contributed by atoms with Gasteiger partial charge in [-0.25, -0.2) is 0 Å². The minimum atomic E-state index is -0.487. The standard InChI is InChI=1S/C30H42N2O4/c1-4-26(30(34)31-25-15-11-8-12-16-25)32(22-24-13-9-7-10-14-24)29(33)20-18-23-17-19-27(35-5-2)28(21-23)36-6-3/h7,9-10,13-14,17,19,21,25-26H,4-6,8,11-12,15-16,18,20,22H2,1-3H3,(H,31,34). The van der Waals surface area contributed by atoms with Gasteiger partial charge in [-0.15, -0.1) is 0 Å². The maximum Gasteiger partial charge on any atom is 0.243 e. The molecular weight excluding hydrogens is 452 g/mol. The lowest BCUT2D eigenvalue weighted by atomic mass is 9.95. The number of nitrogens with zero attached hydrogens (tertiary/aromatic N) is 1. The van der Waals surface area contributed by atoms with Gasteiger partial charge in [0.2, 0.25) is 11.8 Å². The predicted molar refractivity (Wildman–Crippen MR) is 143 cm³/mol. The van der Waals surface area contributed by atoms with Crippen LogP contribution < -0.4 is 14.8 Å². The second-order valence-corrected chi connectivity index (χ2v) is 9.42. The molecule has 0 aromatic heterocycles. The van der Waals surface area contributed by atoms with Gasteiger partial charge in [0.1, 0.15) is 6.04 Å². The van der Waals surface area contributed by atoms with Crippen LogP contribution in [0.4, 0.5) is 0 Å². The number of aryl methyl sites for hydroxylation is 1. The van der Waals surface area contributed by atoms with Crippen molar-refractivity contribution in [1.82, 2.24) is 10.2 Å². The van der Waals surface area contributed by atoms with E-state index in [1.165, 1.54) is 6.42 Å². The molecule has 0 bridgehead atoms. The number of amides is 2. The molecule has 2 amide bonds. The zero-order valence-electron chi connectivity index (χ0n) is 22.1. The van der Waals surface area contributed by atoms with Crippen LogP contribution in [0.5, 0.6) is 11.5 Å². The van der Waals surface area contributed by atoms with Gasteiger partial charge in [0.05, 0.1) is 13.2 Å². The van der Waals surface area contributed by atoms with E-state index in [0.717, 1.165) is 36.8 Å². The number of hydrogen-bond acceptors (Lipinski definition) is 4. The number of benzene rings is 2. The first kappa shape index (κ1) is 27.6. The van der Waals surface area contributed by atoms with Crippen molar-refractivity contribution >= 4 is 11.8 Å². The van der Waals surface area contributed by atoms with Crippen LogP contribution in [0.25, 0.3) is 0 Å². The second kappa shape index (κ2) is 14.5. The Kier molecular flexibility index (Phi) is 11.1. The average Bonchev–Trinajstić information content (AvgIpc) is 2.90. The van der Waals surface area contributed by atoms with E-state index in [4.69, 9.17) is 9.47 Å². The summed E-state index contributed by atoms with van der Waals surface area (Å²) in [5.41, 5.74) is 2.03. The van der Waals surface area contributed by atoms with Gasteiger partial charge in [-0.2, -0.15) is 0 Å². The van der Waals surface area contributed by atoms with Gasteiger partial charge in [0, 0.05) is 19.0 Å². The van der Waals surface area contributed by atoms with Crippen molar-refractivity contribution in [3.63, 3.8) is 0 Å². The van der Waals surface area contributed by atoms with Crippen LogP contribution in [0.15, 0.2) is 48.5 Å². The molecule has 0 aliphatic heterocycles. The third-order valence-corrected chi connectivity index (χ3v) is 6.77. The highest BCUT2D eigenvalue weighted by atomic mass is 16.5. The van der Waals surface area contributed by atoms with Crippen molar-refractivity contribution < 1.29 is 19.1 Å². The highest BCUT2D eigenvalue weighted by Gasteiger charge is 2.30. The van der Waals surface area contributed by atoms with Crippen molar-refractivity contribution in [2.45, 2.75) is 90.8 Å². The Bertz CT molecular complexity index is 957. The summed E-state index contributed by atoms with van der Waals surface area (Å²) in [6, 6.07) is 15.5. The van der Waals surface area contributed by atoms with Gasteiger partial charge in [0.25, 0.3) is 0 Å². The summed E-state index contributed by atoms with van der Waals surface area (Å²) in [6.45, 7) is 7.39. The van der Waals surface area contributed by atoms with E-state index in [2.05, 4.69) is 5.32 Å². The minimum Gasteiger partial charge on any atom is -0.490 e. The Balaban J connectivity index is 1.74. The molecule has 1 unspecified atom stereocenters. The molecule has 6 nitrogen and oxygen atoms in total. The van der Waals surface area contributed by atoms with E-state index in [1.807, 2.05) is 69.3 Å². The van der Waals surface area contributed by atoms with E-state index < -0.39 is 6.04 Å². The topological polar surface area (TPSA) is 67.9 Å². The highest BCUT2D eigenvalue weighted by molar-refractivity contribution is 5.88. The van der Waals surface area contributed by atoms with Gasteiger partial charge < -0.3 is 19.7 Å². The summed E-state index contributed by atoms with van der Waals surface area (Å²) in [6.07, 6.45) is 7.05. The van der Waals surface area contributed by atoms with Crippen molar-refractivity contribution in [3.8, 4) is 11.5 Å². The fourth-order valence-corrected chi connectivity index (χ4v) is 4.89. The molecule has 1 aliphatic rings. The fourth-order valence-electron chi connectivity index (χ4n) is 4.89. The normalized spacial score (nSPS) is 14.6. The molecule has 1 aliphatic carbocycles. The van der Waals surface area contributed by atoms with Crippen LogP contribution in [0.1, 0.15) is 76.8 Å². The van der Waals surface area contributed by atoms with Crippen LogP contribution in [0.3, 0.4) is 0 Å². The molecule has 0 heterocycles. The van der Waals surface area contributed by atoms with Crippen molar-refractivity contribution in [1.29, 1.82) is 0 Å². The molecule has 196 valence electrons.